The average molecular weight is 361 g/mol. The number of hydrogen-bond donors (Lipinski definition) is 0. The molecule has 3 aromatic heterocycles. The highest BCUT2D eigenvalue weighted by Crippen LogP contribution is 2.32. The van der Waals surface area contributed by atoms with E-state index in [1.807, 2.05) is 36.0 Å². The van der Waals surface area contributed by atoms with Crippen molar-refractivity contribution in [3.05, 3.63) is 41.7 Å². The highest BCUT2D eigenvalue weighted by molar-refractivity contribution is 5.90. The van der Waals surface area contributed by atoms with Gasteiger partial charge in [-0.1, -0.05) is 5.16 Å². The third-order valence-corrected chi connectivity index (χ3v) is 4.79. The van der Waals surface area contributed by atoms with Crippen molar-refractivity contribution in [2.75, 3.05) is 6.61 Å². The number of pyridine rings is 1. The Hall–Kier alpha value is -3.22. The molecule has 0 N–H and O–H groups in total. The van der Waals surface area contributed by atoms with Gasteiger partial charge in [0.25, 0.3) is 5.89 Å². The Labute approximate surface area is 156 Å². The summed E-state index contributed by atoms with van der Waals surface area (Å²) in [7, 11) is 0. The second-order valence-corrected chi connectivity index (χ2v) is 7.08. The first-order valence-corrected chi connectivity index (χ1v) is 9.05. The molecule has 0 unspecified atom stereocenters. The molecule has 0 fully saturated rings. The summed E-state index contributed by atoms with van der Waals surface area (Å²) in [4.78, 5) is 9.28. The topological polar surface area (TPSA) is 78.9 Å². The van der Waals surface area contributed by atoms with Crippen LogP contribution in [0.3, 0.4) is 0 Å². The number of nitrogens with zero attached hydrogens (tertiary/aromatic N) is 5. The van der Waals surface area contributed by atoms with E-state index in [1.54, 1.807) is 0 Å². The first-order valence-electron chi connectivity index (χ1n) is 9.05. The highest BCUT2D eigenvalue weighted by atomic mass is 16.5. The number of fused-ring (bicyclic) bond motifs is 2. The molecule has 27 heavy (non-hydrogen) atoms. The maximum absolute atomic E-state index is 5.60. The van der Waals surface area contributed by atoms with Gasteiger partial charge in [-0.15, -0.1) is 0 Å². The van der Waals surface area contributed by atoms with Crippen LogP contribution in [-0.2, 0) is 6.42 Å². The van der Waals surface area contributed by atoms with E-state index in [9.17, 15) is 0 Å². The molecule has 7 heteroatoms. The van der Waals surface area contributed by atoms with Gasteiger partial charge in [-0.05, 0) is 50.6 Å². The summed E-state index contributed by atoms with van der Waals surface area (Å²) >= 11 is 0. The zero-order valence-corrected chi connectivity index (χ0v) is 15.4. The molecule has 4 heterocycles. The van der Waals surface area contributed by atoms with Crippen LogP contribution in [0.25, 0.3) is 33.9 Å². The Morgan fingerprint density at radius 2 is 2.04 bits per heavy atom. The van der Waals surface area contributed by atoms with Gasteiger partial charge in [0.15, 0.2) is 5.65 Å². The fourth-order valence-electron chi connectivity index (χ4n) is 3.47. The standard InChI is InChI=1S/C20H19N5O2/c1-11(2)25-19-16(10-21-25)15(8-12(3)22-19)20-23-18(24-27-20)14-4-5-17-13(9-14)6-7-26-17/h4-5,8-11H,6-7H2,1-3H3. The van der Waals surface area contributed by atoms with Gasteiger partial charge in [-0.25, -0.2) is 9.67 Å². The Morgan fingerprint density at radius 3 is 2.89 bits per heavy atom. The smallest absolute Gasteiger partial charge is 0.259 e. The predicted octanol–water partition coefficient (Wildman–Crippen LogP) is 3.97. The van der Waals surface area contributed by atoms with Crippen molar-refractivity contribution in [1.29, 1.82) is 0 Å². The molecular formula is C20H19N5O2. The van der Waals surface area contributed by atoms with Crippen LogP contribution in [0.5, 0.6) is 5.75 Å². The van der Waals surface area contributed by atoms with Crippen molar-refractivity contribution in [2.24, 2.45) is 0 Å². The number of hydrogen-bond acceptors (Lipinski definition) is 6. The number of aromatic nitrogens is 5. The minimum absolute atomic E-state index is 0.219. The van der Waals surface area contributed by atoms with E-state index in [0.717, 1.165) is 46.6 Å². The summed E-state index contributed by atoms with van der Waals surface area (Å²) in [5.41, 5.74) is 4.67. The first-order chi connectivity index (χ1) is 13.1. The number of rotatable bonds is 3. The second kappa shape index (κ2) is 5.90. The van der Waals surface area contributed by atoms with E-state index in [-0.39, 0.29) is 6.04 Å². The molecule has 4 aromatic rings. The molecule has 1 aliphatic heterocycles. The fraction of sp³-hybridized carbons (Fsp3) is 0.300. The summed E-state index contributed by atoms with van der Waals surface area (Å²) < 4.78 is 13.1. The largest absolute Gasteiger partial charge is 0.493 e. The zero-order chi connectivity index (χ0) is 18.5. The molecule has 0 aliphatic carbocycles. The van der Waals surface area contributed by atoms with Gasteiger partial charge in [-0.2, -0.15) is 10.1 Å². The van der Waals surface area contributed by atoms with Crippen molar-refractivity contribution in [1.82, 2.24) is 24.9 Å². The van der Waals surface area contributed by atoms with Gasteiger partial charge in [0.05, 0.1) is 23.8 Å². The van der Waals surface area contributed by atoms with Crippen LogP contribution in [0, 0.1) is 6.92 Å². The van der Waals surface area contributed by atoms with E-state index >= 15 is 0 Å². The van der Waals surface area contributed by atoms with E-state index < -0.39 is 0 Å². The van der Waals surface area contributed by atoms with Gasteiger partial charge < -0.3 is 9.26 Å². The van der Waals surface area contributed by atoms with E-state index in [1.165, 1.54) is 5.56 Å². The Bertz CT molecular complexity index is 1160. The molecule has 0 atom stereocenters. The van der Waals surface area contributed by atoms with Crippen LogP contribution in [0.4, 0.5) is 0 Å². The monoisotopic (exact) mass is 361 g/mol. The number of aryl methyl sites for hydroxylation is 1. The Morgan fingerprint density at radius 1 is 1.15 bits per heavy atom. The third-order valence-electron chi connectivity index (χ3n) is 4.79. The molecule has 7 nitrogen and oxygen atoms in total. The Kier molecular flexibility index (Phi) is 3.50. The third kappa shape index (κ3) is 2.58. The molecule has 5 rings (SSSR count). The van der Waals surface area contributed by atoms with Crippen LogP contribution < -0.4 is 4.74 Å². The summed E-state index contributed by atoms with van der Waals surface area (Å²) in [6, 6.07) is 8.18. The lowest BCUT2D eigenvalue weighted by Gasteiger charge is -2.07. The van der Waals surface area contributed by atoms with Crippen molar-refractivity contribution in [2.45, 2.75) is 33.2 Å². The lowest BCUT2D eigenvalue weighted by molar-refractivity contribution is 0.357. The molecule has 0 saturated carbocycles. The molecule has 1 aromatic carbocycles. The lowest BCUT2D eigenvalue weighted by atomic mass is 10.1. The van der Waals surface area contributed by atoms with Crippen molar-refractivity contribution in [3.8, 4) is 28.6 Å². The predicted molar refractivity (Wildman–Crippen MR) is 101 cm³/mol. The van der Waals surface area contributed by atoms with Gasteiger partial charge in [0.2, 0.25) is 5.82 Å². The summed E-state index contributed by atoms with van der Waals surface area (Å²) in [5, 5.41) is 9.58. The highest BCUT2D eigenvalue weighted by Gasteiger charge is 2.19. The van der Waals surface area contributed by atoms with Gasteiger partial charge in [0, 0.05) is 23.7 Å². The van der Waals surface area contributed by atoms with Crippen molar-refractivity contribution in [3.63, 3.8) is 0 Å². The van der Waals surface area contributed by atoms with Crippen LogP contribution >= 0.6 is 0 Å². The van der Waals surface area contributed by atoms with E-state index in [2.05, 4.69) is 40.1 Å². The maximum Gasteiger partial charge on any atom is 0.259 e. The summed E-state index contributed by atoms with van der Waals surface area (Å²) in [6.07, 6.45) is 2.72. The quantitative estimate of drug-likeness (QED) is 0.549. The number of ether oxygens (including phenoxy) is 1. The second-order valence-electron chi connectivity index (χ2n) is 7.08. The van der Waals surface area contributed by atoms with Crippen LogP contribution in [0.1, 0.15) is 31.1 Å². The maximum atomic E-state index is 5.60. The summed E-state index contributed by atoms with van der Waals surface area (Å²) in [6.45, 7) is 6.85. The van der Waals surface area contributed by atoms with Crippen molar-refractivity contribution < 1.29 is 9.26 Å². The molecule has 0 spiro atoms. The fourth-order valence-corrected chi connectivity index (χ4v) is 3.47. The van der Waals surface area contributed by atoms with Gasteiger partial charge in [0.1, 0.15) is 5.75 Å². The normalized spacial score (nSPS) is 13.3. The SMILES string of the molecule is Cc1cc(-c2nc(-c3ccc4c(c3)CCO4)no2)c2cnn(C(C)C)c2n1. The van der Waals surface area contributed by atoms with Gasteiger partial charge >= 0.3 is 0 Å². The number of benzene rings is 1. The zero-order valence-electron chi connectivity index (χ0n) is 15.4. The van der Waals surface area contributed by atoms with E-state index in [4.69, 9.17) is 9.26 Å². The van der Waals surface area contributed by atoms with Crippen LogP contribution in [-0.4, -0.2) is 31.5 Å². The Balaban J connectivity index is 1.60. The summed E-state index contributed by atoms with van der Waals surface area (Å²) in [5.74, 6) is 1.98. The van der Waals surface area contributed by atoms with Crippen LogP contribution in [0.2, 0.25) is 0 Å². The van der Waals surface area contributed by atoms with Gasteiger partial charge in [-0.3, -0.25) is 0 Å². The molecule has 0 radical (unpaired) electrons. The molecule has 0 bridgehead atoms. The molecule has 0 saturated heterocycles. The average Bonchev–Trinajstić information content (AvgIpc) is 3.38. The first kappa shape index (κ1) is 16.0. The van der Waals surface area contributed by atoms with Crippen LogP contribution in [0.15, 0.2) is 35.0 Å². The van der Waals surface area contributed by atoms with E-state index in [0.29, 0.717) is 11.7 Å². The minimum atomic E-state index is 0.219. The minimum Gasteiger partial charge on any atom is -0.493 e. The molecular weight excluding hydrogens is 342 g/mol. The molecule has 0 amide bonds. The lowest BCUT2D eigenvalue weighted by Crippen LogP contribution is -2.03. The molecule has 1 aliphatic rings. The molecule has 136 valence electrons. The van der Waals surface area contributed by atoms with Crippen molar-refractivity contribution >= 4 is 11.0 Å².